The predicted molar refractivity (Wildman–Crippen MR) is 101 cm³/mol. The molecule has 146 valence electrons. The molecule has 0 radical (unpaired) electrons. The molecule has 1 saturated carbocycles. The molecule has 27 heavy (non-hydrogen) atoms. The van der Waals surface area contributed by atoms with E-state index >= 15 is 0 Å². The number of halogens is 3. The molecule has 0 spiro atoms. The van der Waals surface area contributed by atoms with Crippen molar-refractivity contribution in [2.45, 2.75) is 45.1 Å². The summed E-state index contributed by atoms with van der Waals surface area (Å²) in [5.41, 5.74) is 5.80. The van der Waals surface area contributed by atoms with Crippen LogP contribution in [0.3, 0.4) is 0 Å². The third-order valence-corrected chi connectivity index (χ3v) is 5.24. The molecule has 1 heterocycles. The van der Waals surface area contributed by atoms with Gasteiger partial charge in [0, 0.05) is 11.6 Å². The van der Waals surface area contributed by atoms with Gasteiger partial charge in [0.2, 0.25) is 0 Å². The van der Waals surface area contributed by atoms with Crippen LogP contribution in [0.4, 0.5) is 14.6 Å². The molecule has 4 nitrogen and oxygen atoms in total. The van der Waals surface area contributed by atoms with E-state index < -0.39 is 17.7 Å². The van der Waals surface area contributed by atoms with Crippen molar-refractivity contribution in [3.63, 3.8) is 0 Å². The summed E-state index contributed by atoms with van der Waals surface area (Å²) in [4.78, 5) is 4.08. The Balaban J connectivity index is 1.71. The van der Waals surface area contributed by atoms with Crippen LogP contribution in [0, 0.1) is 17.6 Å². The highest BCUT2D eigenvalue weighted by molar-refractivity contribution is 6.31. The average Bonchev–Trinajstić information content (AvgIpc) is 2.66. The Morgan fingerprint density at radius 3 is 2.67 bits per heavy atom. The molecule has 0 saturated heterocycles. The van der Waals surface area contributed by atoms with Gasteiger partial charge in [-0.25, -0.2) is 13.8 Å². The van der Waals surface area contributed by atoms with E-state index in [1.165, 1.54) is 38.3 Å². The third-order valence-electron chi connectivity index (χ3n) is 4.86. The summed E-state index contributed by atoms with van der Waals surface area (Å²) in [5.74, 6) is 0.0926. The van der Waals surface area contributed by atoms with Gasteiger partial charge in [-0.2, -0.15) is 0 Å². The van der Waals surface area contributed by atoms with Crippen molar-refractivity contribution < 1.29 is 18.3 Å². The second kappa shape index (κ2) is 8.74. The van der Waals surface area contributed by atoms with Crippen LogP contribution in [0.15, 0.2) is 24.4 Å². The van der Waals surface area contributed by atoms with E-state index in [1.807, 2.05) is 0 Å². The number of aromatic nitrogens is 1. The molecule has 0 amide bonds. The van der Waals surface area contributed by atoms with Gasteiger partial charge in [0.05, 0.1) is 17.8 Å². The van der Waals surface area contributed by atoms with Crippen LogP contribution in [-0.4, -0.2) is 11.6 Å². The van der Waals surface area contributed by atoms with Crippen molar-refractivity contribution in [1.82, 2.24) is 4.98 Å². The first kappa shape index (κ1) is 19.7. The molecule has 2 N–H and O–H groups in total. The number of rotatable bonds is 6. The number of pyridine rings is 1. The second-order valence-corrected chi connectivity index (χ2v) is 7.26. The monoisotopic (exact) mass is 396 g/mol. The number of anilines is 1. The lowest BCUT2D eigenvalue weighted by atomic mass is 9.90. The number of ether oxygens (including phenoxy) is 2. The Kier molecular flexibility index (Phi) is 6.37. The Bertz CT molecular complexity index is 798. The van der Waals surface area contributed by atoms with Gasteiger partial charge in [-0.05, 0) is 37.8 Å². The normalized spacial score (nSPS) is 16.1. The zero-order valence-electron chi connectivity index (χ0n) is 15.2. The molecule has 7 heteroatoms. The van der Waals surface area contributed by atoms with Crippen LogP contribution < -0.4 is 15.2 Å². The maximum Gasteiger partial charge on any atom is 0.166 e. The Hall–Kier alpha value is -2.08. The van der Waals surface area contributed by atoms with Crippen molar-refractivity contribution in [3.05, 3.63) is 46.6 Å². The first-order valence-electron chi connectivity index (χ1n) is 9.14. The van der Waals surface area contributed by atoms with E-state index in [9.17, 15) is 8.78 Å². The largest absolute Gasteiger partial charge is 0.492 e. The molecule has 1 aromatic heterocycles. The molecule has 1 fully saturated rings. The quantitative estimate of drug-likeness (QED) is 0.637. The van der Waals surface area contributed by atoms with Gasteiger partial charge in [0.25, 0.3) is 0 Å². The fraction of sp³-hybridized carbons (Fsp3) is 0.450. The number of hydrogen-bond acceptors (Lipinski definition) is 4. The van der Waals surface area contributed by atoms with Crippen LogP contribution in [0.2, 0.25) is 5.02 Å². The SMILES string of the molecule is CC(Oc1cc(OCC2CCCCC2)cnc1N)c1c(F)ccc(F)c1Cl. The number of nitrogens with two attached hydrogens (primary N) is 1. The summed E-state index contributed by atoms with van der Waals surface area (Å²) in [5, 5.41) is -0.307. The number of benzene rings is 1. The van der Waals surface area contributed by atoms with Gasteiger partial charge >= 0.3 is 0 Å². The summed E-state index contributed by atoms with van der Waals surface area (Å²) in [6.45, 7) is 2.18. The molecule has 3 rings (SSSR count). The van der Waals surface area contributed by atoms with E-state index in [-0.39, 0.29) is 22.2 Å². The zero-order valence-corrected chi connectivity index (χ0v) is 15.9. The van der Waals surface area contributed by atoms with Gasteiger partial charge in [0.1, 0.15) is 23.5 Å². The highest BCUT2D eigenvalue weighted by atomic mass is 35.5. The molecule has 0 aliphatic heterocycles. The first-order chi connectivity index (χ1) is 13.0. The Morgan fingerprint density at radius 1 is 1.22 bits per heavy atom. The molecular formula is C20H23ClF2N2O2. The fourth-order valence-electron chi connectivity index (χ4n) is 3.34. The summed E-state index contributed by atoms with van der Waals surface area (Å²) in [7, 11) is 0. The highest BCUT2D eigenvalue weighted by Gasteiger charge is 2.21. The van der Waals surface area contributed by atoms with Crippen LogP contribution in [0.25, 0.3) is 0 Å². The van der Waals surface area contributed by atoms with Crippen LogP contribution in [-0.2, 0) is 0 Å². The molecule has 0 bridgehead atoms. The molecule has 1 aliphatic rings. The fourth-order valence-corrected chi connectivity index (χ4v) is 3.65. The maximum absolute atomic E-state index is 14.1. The molecule has 2 aromatic rings. The van der Waals surface area contributed by atoms with Crippen molar-refractivity contribution in [3.8, 4) is 11.5 Å². The molecule has 1 aliphatic carbocycles. The number of nitrogens with zero attached hydrogens (tertiary/aromatic N) is 1. The van der Waals surface area contributed by atoms with Crippen LogP contribution in [0.1, 0.15) is 50.7 Å². The topological polar surface area (TPSA) is 57.4 Å². The maximum atomic E-state index is 14.1. The van der Waals surface area contributed by atoms with E-state index in [0.717, 1.165) is 12.1 Å². The first-order valence-corrected chi connectivity index (χ1v) is 9.52. The summed E-state index contributed by atoms with van der Waals surface area (Å²) in [6, 6.07) is 3.61. The van der Waals surface area contributed by atoms with E-state index in [1.54, 1.807) is 13.0 Å². The van der Waals surface area contributed by atoms with E-state index in [0.29, 0.717) is 18.3 Å². The summed E-state index contributed by atoms with van der Waals surface area (Å²) in [6.07, 6.45) is 6.77. The Morgan fingerprint density at radius 2 is 1.93 bits per heavy atom. The average molecular weight is 397 g/mol. The smallest absolute Gasteiger partial charge is 0.166 e. The van der Waals surface area contributed by atoms with Gasteiger partial charge in [-0.3, -0.25) is 0 Å². The van der Waals surface area contributed by atoms with Crippen molar-refractivity contribution in [1.29, 1.82) is 0 Å². The molecular weight excluding hydrogens is 374 g/mol. The number of hydrogen-bond donors (Lipinski definition) is 1. The lowest BCUT2D eigenvalue weighted by Crippen LogP contribution is -2.15. The van der Waals surface area contributed by atoms with Crippen LogP contribution >= 0.6 is 11.6 Å². The van der Waals surface area contributed by atoms with Crippen molar-refractivity contribution in [2.75, 3.05) is 12.3 Å². The van der Waals surface area contributed by atoms with E-state index in [4.69, 9.17) is 26.8 Å². The van der Waals surface area contributed by atoms with Gasteiger partial charge in [-0.15, -0.1) is 0 Å². The van der Waals surface area contributed by atoms with Gasteiger partial charge < -0.3 is 15.2 Å². The van der Waals surface area contributed by atoms with Crippen LogP contribution in [0.5, 0.6) is 11.5 Å². The minimum atomic E-state index is -0.856. The van der Waals surface area contributed by atoms with Gasteiger partial charge in [0.15, 0.2) is 11.6 Å². The van der Waals surface area contributed by atoms with Crippen molar-refractivity contribution >= 4 is 17.4 Å². The molecule has 1 aromatic carbocycles. The Labute approximate surface area is 162 Å². The number of nitrogen functional groups attached to an aromatic ring is 1. The minimum absolute atomic E-state index is 0.0652. The molecule has 1 unspecified atom stereocenters. The lowest BCUT2D eigenvalue weighted by Gasteiger charge is -2.22. The van der Waals surface area contributed by atoms with Crippen molar-refractivity contribution in [2.24, 2.45) is 5.92 Å². The predicted octanol–water partition coefficient (Wildman–Crippen LogP) is 5.69. The zero-order chi connectivity index (χ0) is 19.4. The second-order valence-electron chi connectivity index (χ2n) is 6.89. The summed E-state index contributed by atoms with van der Waals surface area (Å²) < 4.78 is 39.3. The summed E-state index contributed by atoms with van der Waals surface area (Å²) >= 11 is 5.90. The lowest BCUT2D eigenvalue weighted by molar-refractivity contribution is 0.202. The standard InChI is InChI=1S/C20H23ClF2N2O2/c1-12(18-15(22)7-8-16(23)19(18)21)27-17-9-14(10-25-20(17)24)26-11-13-5-3-2-4-6-13/h7-10,12-13H,2-6,11H2,1H3,(H2,24,25). The minimum Gasteiger partial charge on any atom is -0.492 e. The highest BCUT2D eigenvalue weighted by Crippen LogP contribution is 2.34. The third kappa shape index (κ3) is 4.80. The van der Waals surface area contributed by atoms with E-state index in [2.05, 4.69) is 4.98 Å². The molecule has 1 atom stereocenters. The van der Waals surface area contributed by atoms with Gasteiger partial charge in [-0.1, -0.05) is 30.9 Å².